The Kier molecular flexibility index (Phi) is 3.55. The Bertz CT molecular complexity index is 585. The van der Waals surface area contributed by atoms with E-state index in [0.29, 0.717) is 13.0 Å². The molecule has 8 nitrogen and oxygen atoms in total. The number of nitro benzene ring substituents is 1. The first-order chi connectivity index (χ1) is 9.40. The lowest BCUT2D eigenvalue weighted by Crippen LogP contribution is -2.29. The van der Waals surface area contributed by atoms with Gasteiger partial charge in [0, 0.05) is 32.1 Å². The molecule has 1 aromatic carbocycles. The molecule has 0 spiro atoms. The van der Waals surface area contributed by atoms with E-state index in [1.165, 1.54) is 11.0 Å². The molecule has 2 rings (SSSR count). The van der Waals surface area contributed by atoms with Crippen LogP contribution in [0.2, 0.25) is 0 Å². The molecule has 1 heterocycles. The number of aromatic carboxylic acids is 1. The highest BCUT2D eigenvalue weighted by Gasteiger charge is 2.31. The van der Waals surface area contributed by atoms with Gasteiger partial charge in [-0.25, -0.2) is 4.79 Å². The lowest BCUT2D eigenvalue weighted by atomic mass is 10.1. The maximum absolute atomic E-state index is 11.7. The minimum Gasteiger partial charge on any atom is -0.480 e. The van der Waals surface area contributed by atoms with Gasteiger partial charge in [-0.1, -0.05) is 0 Å². The summed E-state index contributed by atoms with van der Waals surface area (Å²) < 4.78 is 5.41. The number of carbonyl (C=O) groups is 2. The Balaban J connectivity index is 2.26. The first-order valence-electron chi connectivity index (χ1n) is 5.83. The van der Waals surface area contributed by atoms with Crippen LogP contribution < -0.4 is 4.74 Å². The number of likely N-dealkylation sites (N-methyl/N-ethyl adjacent to an activating group) is 1. The van der Waals surface area contributed by atoms with E-state index < -0.39 is 28.2 Å². The Labute approximate surface area is 113 Å². The molecule has 0 bridgehead atoms. The number of ether oxygens (including phenoxy) is 1. The molecular formula is C12H12N2O6. The Morgan fingerprint density at radius 2 is 2.25 bits per heavy atom. The van der Waals surface area contributed by atoms with E-state index in [1.807, 2.05) is 0 Å². The SMILES string of the molecule is CN1CCC(Oc2ccc([N+](=O)[O-])c(C(=O)O)c2)C1=O. The van der Waals surface area contributed by atoms with Crippen LogP contribution in [0.1, 0.15) is 16.8 Å². The van der Waals surface area contributed by atoms with Crippen molar-refractivity contribution in [3.8, 4) is 5.75 Å². The first kappa shape index (κ1) is 13.8. The zero-order valence-electron chi connectivity index (χ0n) is 10.6. The van der Waals surface area contributed by atoms with Crippen molar-refractivity contribution in [2.75, 3.05) is 13.6 Å². The number of hydrogen-bond acceptors (Lipinski definition) is 5. The molecule has 1 amide bonds. The number of carboxylic acids is 1. The molecule has 20 heavy (non-hydrogen) atoms. The average Bonchev–Trinajstić information content (AvgIpc) is 2.70. The van der Waals surface area contributed by atoms with Crippen molar-refractivity contribution in [1.82, 2.24) is 4.90 Å². The molecule has 1 aliphatic rings. The van der Waals surface area contributed by atoms with Gasteiger partial charge in [0.2, 0.25) is 0 Å². The van der Waals surface area contributed by atoms with Gasteiger partial charge in [0.15, 0.2) is 6.10 Å². The number of benzene rings is 1. The molecule has 1 aliphatic heterocycles. The second-order valence-electron chi connectivity index (χ2n) is 4.40. The lowest BCUT2D eigenvalue weighted by Gasteiger charge is -2.13. The second kappa shape index (κ2) is 5.16. The lowest BCUT2D eigenvalue weighted by molar-refractivity contribution is -0.385. The van der Waals surface area contributed by atoms with Crippen molar-refractivity contribution in [2.24, 2.45) is 0 Å². The fourth-order valence-electron chi connectivity index (χ4n) is 1.98. The summed E-state index contributed by atoms with van der Waals surface area (Å²) >= 11 is 0. The summed E-state index contributed by atoms with van der Waals surface area (Å²) in [7, 11) is 1.64. The maximum Gasteiger partial charge on any atom is 0.342 e. The van der Waals surface area contributed by atoms with Gasteiger partial charge in [0.1, 0.15) is 11.3 Å². The van der Waals surface area contributed by atoms with Crippen molar-refractivity contribution in [3.05, 3.63) is 33.9 Å². The van der Waals surface area contributed by atoms with Crippen molar-refractivity contribution >= 4 is 17.6 Å². The molecular weight excluding hydrogens is 268 g/mol. The summed E-state index contributed by atoms with van der Waals surface area (Å²) in [6, 6.07) is 3.41. The van der Waals surface area contributed by atoms with Crippen molar-refractivity contribution in [3.63, 3.8) is 0 Å². The minimum atomic E-state index is -1.42. The Morgan fingerprint density at radius 1 is 1.55 bits per heavy atom. The van der Waals surface area contributed by atoms with Gasteiger partial charge in [-0.3, -0.25) is 14.9 Å². The van der Waals surface area contributed by atoms with Crippen LogP contribution in [0.4, 0.5) is 5.69 Å². The molecule has 0 saturated carbocycles. The third-order valence-electron chi connectivity index (χ3n) is 3.05. The van der Waals surface area contributed by atoms with Crippen molar-refractivity contribution in [1.29, 1.82) is 0 Å². The van der Waals surface area contributed by atoms with E-state index in [-0.39, 0.29) is 11.7 Å². The van der Waals surface area contributed by atoms with Crippen LogP contribution in [0.15, 0.2) is 18.2 Å². The molecule has 8 heteroatoms. The smallest absolute Gasteiger partial charge is 0.342 e. The second-order valence-corrected chi connectivity index (χ2v) is 4.40. The van der Waals surface area contributed by atoms with Gasteiger partial charge in [0.25, 0.3) is 11.6 Å². The Hall–Kier alpha value is -2.64. The number of nitrogens with zero attached hydrogens (tertiary/aromatic N) is 2. The van der Waals surface area contributed by atoms with Gasteiger partial charge in [-0.05, 0) is 6.07 Å². The standard InChI is InChI=1S/C12H12N2O6/c1-13-5-4-10(11(13)15)20-7-2-3-9(14(18)19)8(6-7)12(16)17/h2-3,6,10H,4-5H2,1H3,(H,16,17). The predicted molar refractivity (Wildman–Crippen MR) is 66.7 cm³/mol. The third kappa shape index (κ3) is 2.53. The number of hydrogen-bond donors (Lipinski definition) is 1. The van der Waals surface area contributed by atoms with E-state index in [2.05, 4.69) is 0 Å². The van der Waals surface area contributed by atoms with E-state index >= 15 is 0 Å². The zero-order chi connectivity index (χ0) is 14.9. The zero-order valence-corrected chi connectivity index (χ0v) is 10.6. The number of amides is 1. The third-order valence-corrected chi connectivity index (χ3v) is 3.05. The first-order valence-corrected chi connectivity index (χ1v) is 5.83. The van der Waals surface area contributed by atoms with E-state index in [4.69, 9.17) is 9.84 Å². The number of rotatable bonds is 4. The summed E-state index contributed by atoms with van der Waals surface area (Å²) in [4.78, 5) is 34.1. The van der Waals surface area contributed by atoms with Crippen LogP contribution >= 0.6 is 0 Å². The number of likely N-dealkylation sites (tertiary alicyclic amines) is 1. The summed E-state index contributed by atoms with van der Waals surface area (Å²) in [6.45, 7) is 0.558. The van der Waals surface area contributed by atoms with Crippen LogP contribution in [0.5, 0.6) is 5.75 Å². The van der Waals surface area contributed by atoms with Crippen LogP contribution in [0, 0.1) is 10.1 Å². The van der Waals surface area contributed by atoms with Crippen molar-refractivity contribution < 1.29 is 24.4 Å². The van der Waals surface area contributed by atoms with Crippen LogP contribution in [-0.4, -0.2) is 46.5 Å². The number of carbonyl (C=O) groups excluding carboxylic acids is 1. The summed E-state index contributed by atoms with van der Waals surface area (Å²) in [5.41, 5.74) is -0.981. The quantitative estimate of drug-likeness (QED) is 0.648. The highest BCUT2D eigenvalue weighted by molar-refractivity contribution is 5.93. The van der Waals surface area contributed by atoms with Gasteiger partial charge in [-0.2, -0.15) is 0 Å². The predicted octanol–water partition coefficient (Wildman–Crippen LogP) is 0.903. The molecule has 1 N–H and O–H groups in total. The largest absolute Gasteiger partial charge is 0.480 e. The van der Waals surface area contributed by atoms with Gasteiger partial charge in [-0.15, -0.1) is 0 Å². The monoisotopic (exact) mass is 280 g/mol. The molecule has 1 aromatic rings. The highest BCUT2D eigenvalue weighted by atomic mass is 16.6. The molecule has 1 atom stereocenters. The molecule has 0 radical (unpaired) electrons. The van der Waals surface area contributed by atoms with E-state index in [1.54, 1.807) is 7.05 Å². The topological polar surface area (TPSA) is 110 Å². The van der Waals surface area contributed by atoms with E-state index in [0.717, 1.165) is 12.1 Å². The molecule has 1 unspecified atom stereocenters. The normalized spacial score (nSPS) is 18.1. The van der Waals surface area contributed by atoms with Crippen molar-refractivity contribution in [2.45, 2.75) is 12.5 Å². The fraction of sp³-hybridized carbons (Fsp3) is 0.333. The maximum atomic E-state index is 11.7. The summed E-state index contributed by atoms with van der Waals surface area (Å²) in [5.74, 6) is -1.49. The molecule has 0 aliphatic carbocycles. The molecule has 1 saturated heterocycles. The highest BCUT2D eigenvalue weighted by Crippen LogP contribution is 2.26. The van der Waals surface area contributed by atoms with Gasteiger partial charge in [0.05, 0.1) is 4.92 Å². The summed E-state index contributed by atoms with van der Waals surface area (Å²) in [5, 5.41) is 19.7. The van der Waals surface area contributed by atoms with Gasteiger partial charge >= 0.3 is 5.97 Å². The molecule has 1 fully saturated rings. The fourth-order valence-corrected chi connectivity index (χ4v) is 1.98. The summed E-state index contributed by atoms with van der Waals surface area (Å²) in [6.07, 6.45) is -0.183. The van der Waals surface area contributed by atoms with Crippen LogP contribution in [-0.2, 0) is 4.79 Å². The minimum absolute atomic E-state index is 0.127. The average molecular weight is 280 g/mol. The van der Waals surface area contributed by atoms with Crippen LogP contribution in [0.25, 0.3) is 0 Å². The Morgan fingerprint density at radius 3 is 2.75 bits per heavy atom. The number of nitro groups is 1. The van der Waals surface area contributed by atoms with Gasteiger partial charge < -0.3 is 14.7 Å². The van der Waals surface area contributed by atoms with E-state index in [9.17, 15) is 19.7 Å². The molecule has 106 valence electrons. The number of carboxylic acid groups (broad SMARTS) is 1. The van der Waals surface area contributed by atoms with Crippen LogP contribution in [0.3, 0.4) is 0 Å². The molecule has 0 aromatic heterocycles.